The molecule has 0 aliphatic heterocycles. The number of rotatable bonds is 8. The van der Waals surface area contributed by atoms with E-state index in [9.17, 15) is 13.2 Å². The molecule has 0 saturated carbocycles. The standard InChI is InChI=1S/C16H23N5O3S/c1-4-5-10-21-15(18-19-20-21)11-25(23,24)13(3)16(22)17-14-8-6-12(2)7-9-14/h6-9,13H,4-5,10-11H2,1-3H3,(H,17,22). The molecule has 2 aromatic rings. The molecule has 0 spiro atoms. The van der Waals surface area contributed by atoms with Gasteiger partial charge in [-0.3, -0.25) is 4.79 Å². The number of aromatic nitrogens is 4. The number of tetrazole rings is 1. The summed E-state index contributed by atoms with van der Waals surface area (Å²) in [6, 6.07) is 7.16. The van der Waals surface area contributed by atoms with E-state index in [1.807, 2.05) is 26.0 Å². The predicted octanol–water partition coefficient (Wildman–Crippen LogP) is 1.72. The summed E-state index contributed by atoms with van der Waals surface area (Å²) in [4.78, 5) is 12.3. The fourth-order valence-corrected chi connectivity index (χ4v) is 3.36. The van der Waals surface area contributed by atoms with Crippen LogP contribution in [-0.2, 0) is 26.9 Å². The van der Waals surface area contributed by atoms with E-state index in [4.69, 9.17) is 0 Å². The number of benzene rings is 1. The third kappa shape index (κ3) is 5.09. The monoisotopic (exact) mass is 365 g/mol. The molecule has 0 aliphatic rings. The summed E-state index contributed by atoms with van der Waals surface area (Å²) in [6.45, 7) is 5.89. The van der Waals surface area contributed by atoms with E-state index in [-0.39, 0.29) is 11.6 Å². The van der Waals surface area contributed by atoms with Crippen LogP contribution in [0.3, 0.4) is 0 Å². The Balaban J connectivity index is 2.06. The van der Waals surface area contributed by atoms with Crippen LogP contribution in [0.15, 0.2) is 24.3 Å². The summed E-state index contributed by atoms with van der Waals surface area (Å²) in [5.74, 6) is -0.688. The Kier molecular flexibility index (Phi) is 6.24. The molecule has 1 heterocycles. The molecular formula is C16H23N5O3S. The van der Waals surface area contributed by atoms with Crippen molar-refractivity contribution in [3.05, 3.63) is 35.7 Å². The number of carbonyl (C=O) groups excluding carboxylic acids is 1. The highest BCUT2D eigenvalue weighted by atomic mass is 32.2. The minimum atomic E-state index is -3.73. The number of carbonyl (C=O) groups is 1. The highest BCUT2D eigenvalue weighted by molar-refractivity contribution is 7.92. The molecule has 1 N–H and O–H groups in total. The summed E-state index contributed by atoms with van der Waals surface area (Å²) >= 11 is 0. The molecule has 1 unspecified atom stereocenters. The smallest absolute Gasteiger partial charge is 0.242 e. The predicted molar refractivity (Wildman–Crippen MR) is 94.6 cm³/mol. The average molecular weight is 365 g/mol. The van der Waals surface area contributed by atoms with Crippen LogP contribution >= 0.6 is 0 Å². The third-order valence-corrected chi connectivity index (χ3v) is 5.84. The number of hydrogen-bond donors (Lipinski definition) is 1. The summed E-state index contributed by atoms with van der Waals surface area (Å²) in [5, 5.41) is 12.6. The van der Waals surface area contributed by atoms with E-state index in [1.165, 1.54) is 11.6 Å². The molecule has 0 bridgehead atoms. The SMILES string of the molecule is CCCCn1nnnc1CS(=O)(=O)C(C)C(=O)Nc1ccc(C)cc1. The second kappa shape index (κ2) is 8.19. The van der Waals surface area contributed by atoms with Crippen molar-refractivity contribution in [2.45, 2.75) is 51.2 Å². The van der Waals surface area contributed by atoms with Gasteiger partial charge in [0.15, 0.2) is 15.7 Å². The minimum Gasteiger partial charge on any atom is -0.325 e. The zero-order valence-electron chi connectivity index (χ0n) is 14.6. The van der Waals surface area contributed by atoms with Crippen LogP contribution in [0.1, 0.15) is 38.1 Å². The first-order chi connectivity index (χ1) is 11.8. The van der Waals surface area contributed by atoms with Crippen molar-refractivity contribution >= 4 is 21.4 Å². The summed E-state index contributed by atoms with van der Waals surface area (Å²) in [7, 11) is -3.73. The van der Waals surface area contributed by atoms with Crippen molar-refractivity contribution in [2.75, 3.05) is 5.32 Å². The van der Waals surface area contributed by atoms with Crippen LogP contribution in [0.4, 0.5) is 5.69 Å². The number of anilines is 1. The maximum atomic E-state index is 12.5. The van der Waals surface area contributed by atoms with E-state index >= 15 is 0 Å². The Bertz CT molecular complexity index is 815. The molecule has 1 amide bonds. The van der Waals surface area contributed by atoms with Gasteiger partial charge in [-0.25, -0.2) is 13.1 Å². The lowest BCUT2D eigenvalue weighted by molar-refractivity contribution is -0.115. The van der Waals surface area contributed by atoms with Gasteiger partial charge in [0.1, 0.15) is 11.0 Å². The lowest BCUT2D eigenvalue weighted by atomic mass is 10.2. The largest absolute Gasteiger partial charge is 0.325 e. The molecule has 1 atom stereocenters. The number of unbranched alkanes of at least 4 members (excludes halogenated alkanes) is 1. The van der Waals surface area contributed by atoms with Crippen molar-refractivity contribution < 1.29 is 13.2 Å². The average Bonchev–Trinajstić information content (AvgIpc) is 3.00. The number of aryl methyl sites for hydroxylation is 2. The van der Waals surface area contributed by atoms with Gasteiger partial charge in [-0.1, -0.05) is 31.0 Å². The van der Waals surface area contributed by atoms with Crippen molar-refractivity contribution in [1.82, 2.24) is 20.2 Å². The van der Waals surface area contributed by atoms with Gasteiger partial charge < -0.3 is 5.32 Å². The van der Waals surface area contributed by atoms with Gasteiger partial charge in [-0.15, -0.1) is 5.10 Å². The van der Waals surface area contributed by atoms with Gasteiger partial charge in [0.2, 0.25) is 5.91 Å². The van der Waals surface area contributed by atoms with Crippen molar-refractivity contribution in [1.29, 1.82) is 0 Å². The van der Waals surface area contributed by atoms with Gasteiger partial charge in [0.25, 0.3) is 0 Å². The Hall–Kier alpha value is -2.29. The topological polar surface area (TPSA) is 107 Å². The number of nitrogens with one attached hydrogen (secondary N) is 1. The molecule has 9 heteroatoms. The summed E-state index contributed by atoms with van der Waals surface area (Å²) < 4.78 is 26.6. The van der Waals surface area contributed by atoms with E-state index in [2.05, 4.69) is 20.8 Å². The molecule has 2 rings (SSSR count). The van der Waals surface area contributed by atoms with E-state index in [0.29, 0.717) is 12.2 Å². The normalized spacial score (nSPS) is 12.8. The van der Waals surface area contributed by atoms with Crippen LogP contribution in [0.5, 0.6) is 0 Å². The number of sulfone groups is 1. The molecule has 0 saturated heterocycles. The first-order valence-electron chi connectivity index (χ1n) is 8.17. The van der Waals surface area contributed by atoms with Gasteiger partial charge in [0, 0.05) is 12.2 Å². The fourth-order valence-electron chi connectivity index (χ4n) is 2.16. The maximum absolute atomic E-state index is 12.5. The zero-order valence-corrected chi connectivity index (χ0v) is 15.5. The van der Waals surface area contributed by atoms with E-state index in [1.54, 1.807) is 12.1 Å². The Labute approximate surface area is 147 Å². The van der Waals surface area contributed by atoms with Gasteiger partial charge in [0.05, 0.1) is 0 Å². The third-order valence-electron chi connectivity index (χ3n) is 3.89. The zero-order chi connectivity index (χ0) is 18.4. The lowest BCUT2D eigenvalue weighted by Gasteiger charge is -2.13. The highest BCUT2D eigenvalue weighted by Crippen LogP contribution is 2.14. The van der Waals surface area contributed by atoms with Crippen LogP contribution in [0.25, 0.3) is 0 Å². The molecule has 0 aliphatic carbocycles. The molecule has 25 heavy (non-hydrogen) atoms. The van der Waals surface area contributed by atoms with E-state index < -0.39 is 21.0 Å². The highest BCUT2D eigenvalue weighted by Gasteiger charge is 2.30. The van der Waals surface area contributed by atoms with Crippen molar-refractivity contribution in [2.24, 2.45) is 0 Å². The molecule has 1 aromatic carbocycles. The first kappa shape index (κ1) is 19.0. The van der Waals surface area contributed by atoms with Gasteiger partial charge in [-0.05, 0) is 42.8 Å². The summed E-state index contributed by atoms with van der Waals surface area (Å²) in [5.41, 5.74) is 1.61. The van der Waals surface area contributed by atoms with Crippen molar-refractivity contribution in [3.63, 3.8) is 0 Å². The Morgan fingerprint density at radius 1 is 1.28 bits per heavy atom. The number of hydrogen-bond acceptors (Lipinski definition) is 6. The quantitative estimate of drug-likeness (QED) is 0.763. The molecule has 1 aromatic heterocycles. The molecule has 0 radical (unpaired) electrons. The number of amides is 1. The first-order valence-corrected chi connectivity index (χ1v) is 9.89. The summed E-state index contributed by atoms with van der Waals surface area (Å²) in [6.07, 6.45) is 1.79. The maximum Gasteiger partial charge on any atom is 0.242 e. The molecule has 0 fully saturated rings. The van der Waals surface area contributed by atoms with Crippen LogP contribution < -0.4 is 5.32 Å². The second-order valence-corrected chi connectivity index (χ2v) is 8.30. The molecule has 136 valence electrons. The van der Waals surface area contributed by atoms with Crippen LogP contribution in [-0.4, -0.2) is 39.8 Å². The van der Waals surface area contributed by atoms with Gasteiger partial charge >= 0.3 is 0 Å². The fraction of sp³-hybridized carbons (Fsp3) is 0.500. The second-order valence-electron chi connectivity index (χ2n) is 5.98. The number of nitrogens with zero attached hydrogens (tertiary/aromatic N) is 4. The Morgan fingerprint density at radius 2 is 1.96 bits per heavy atom. The van der Waals surface area contributed by atoms with Crippen LogP contribution in [0.2, 0.25) is 0 Å². The minimum absolute atomic E-state index is 0.253. The molecular weight excluding hydrogens is 342 g/mol. The van der Waals surface area contributed by atoms with Gasteiger partial charge in [-0.2, -0.15) is 0 Å². The lowest BCUT2D eigenvalue weighted by Crippen LogP contribution is -2.34. The van der Waals surface area contributed by atoms with Crippen molar-refractivity contribution in [3.8, 4) is 0 Å². The Morgan fingerprint density at radius 3 is 2.60 bits per heavy atom. The van der Waals surface area contributed by atoms with Crippen LogP contribution in [0, 0.1) is 6.92 Å². The molecule has 8 nitrogen and oxygen atoms in total. The van der Waals surface area contributed by atoms with E-state index in [0.717, 1.165) is 18.4 Å².